The van der Waals surface area contributed by atoms with Crippen molar-refractivity contribution >= 4 is 21.6 Å². The molecule has 1 aliphatic rings. The molecule has 0 spiro atoms. The molecule has 4 heteroatoms. The van der Waals surface area contributed by atoms with Crippen molar-refractivity contribution in [3.63, 3.8) is 0 Å². The molecule has 0 aromatic heterocycles. The lowest BCUT2D eigenvalue weighted by atomic mass is 10.1. The molecule has 1 aliphatic carbocycles. The van der Waals surface area contributed by atoms with Gasteiger partial charge >= 0.3 is 0 Å². The number of aliphatic hydroxyl groups is 1. The second kappa shape index (κ2) is 5.17. The average molecular weight is 285 g/mol. The van der Waals surface area contributed by atoms with Crippen LogP contribution in [0, 0.1) is 0 Å². The van der Waals surface area contributed by atoms with E-state index in [0.717, 1.165) is 10.0 Å². The molecule has 1 fully saturated rings. The molecule has 3 N–H and O–H groups in total. The van der Waals surface area contributed by atoms with Crippen LogP contribution >= 0.6 is 15.9 Å². The van der Waals surface area contributed by atoms with E-state index < -0.39 is 0 Å². The molecule has 2 rings (SSSR count). The van der Waals surface area contributed by atoms with Crippen LogP contribution in [0.5, 0.6) is 0 Å². The molecule has 0 bridgehead atoms. The van der Waals surface area contributed by atoms with Crippen molar-refractivity contribution in [1.82, 2.24) is 0 Å². The van der Waals surface area contributed by atoms with E-state index >= 15 is 0 Å². The van der Waals surface area contributed by atoms with Crippen LogP contribution < -0.4 is 10.6 Å². The van der Waals surface area contributed by atoms with E-state index in [2.05, 4.69) is 33.0 Å². The summed E-state index contributed by atoms with van der Waals surface area (Å²) in [4.78, 5) is 2.27. The number of halogens is 1. The lowest BCUT2D eigenvalue weighted by molar-refractivity contribution is 0.301. The first kappa shape index (κ1) is 11.9. The third-order valence-electron chi connectivity index (χ3n) is 2.90. The van der Waals surface area contributed by atoms with E-state index in [9.17, 15) is 0 Å². The quantitative estimate of drug-likeness (QED) is 0.868. The molecule has 0 heterocycles. The zero-order chi connectivity index (χ0) is 11.5. The second-order valence-corrected chi connectivity index (χ2v) is 5.04. The molecule has 88 valence electrons. The summed E-state index contributed by atoms with van der Waals surface area (Å²) in [5.74, 6) is 0. The number of rotatable bonds is 5. The normalized spacial score (nSPS) is 15.2. The van der Waals surface area contributed by atoms with E-state index in [0.29, 0.717) is 19.1 Å². The van der Waals surface area contributed by atoms with Gasteiger partial charge in [0.1, 0.15) is 0 Å². The molecule has 16 heavy (non-hydrogen) atoms. The van der Waals surface area contributed by atoms with Gasteiger partial charge in [0.05, 0.1) is 6.61 Å². The molecule has 1 aromatic rings. The smallest absolute Gasteiger partial charge is 0.0606 e. The Morgan fingerprint density at radius 2 is 2.19 bits per heavy atom. The van der Waals surface area contributed by atoms with Gasteiger partial charge in [-0.15, -0.1) is 0 Å². The summed E-state index contributed by atoms with van der Waals surface area (Å²) in [5.41, 5.74) is 8.07. The van der Waals surface area contributed by atoms with Crippen LogP contribution in [0.25, 0.3) is 0 Å². The maximum Gasteiger partial charge on any atom is 0.0606 e. The molecular weight excluding hydrogens is 268 g/mol. The predicted molar refractivity (Wildman–Crippen MR) is 69.5 cm³/mol. The number of nitrogens with zero attached hydrogens (tertiary/aromatic N) is 1. The summed E-state index contributed by atoms with van der Waals surface area (Å²) in [6.07, 6.45) is 2.44. The Morgan fingerprint density at radius 3 is 2.75 bits per heavy atom. The van der Waals surface area contributed by atoms with Gasteiger partial charge in [0.25, 0.3) is 0 Å². The van der Waals surface area contributed by atoms with Crippen molar-refractivity contribution in [3.05, 3.63) is 28.2 Å². The molecule has 1 aromatic carbocycles. The van der Waals surface area contributed by atoms with Gasteiger partial charge in [0, 0.05) is 29.3 Å². The average Bonchev–Trinajstić information content (AvgIpc) is 3.10. The molecule has 0 unspecified atom stereocenters. The summed E-state index contributed by atoms with van der Waals surface area (Å²) in [5, 5.41) is 9.11. The summed E-state index contributed by atoms with van der Waals surface area (Å²) in [6, 6.07) is 6.77. The SMILES string of the molecule is NCc1cc(Br)ccc1N(CCO)C1CC1. The van der Waals surface area contributed by atoms with E-state index in [1.807, 2.05) is 6.07 Å². The van der Waals surface area contributed by atoms with Gasteiger partial charge in [-0.05, 0) is 36.6 Å². The Labute approximate surface area is 104 Å². The van der Waals surface area contributed by atoms with Crippen molar-refractivity contribution < 1.29 is 5.11 Å². The highest BCUT2D eigenvalue weighted by molar-refractivity contribution is 9.10. The highest BCUT2D eigenvalue weighted by Gasteiger charge is 2.29. The van der Waals surface area contributed by atoms with Crippen molar-refractivity contribution in [2.24, 2.45) is 5.73 Å². The highest BCUT2D eigenvalue weighted by Crippen LogP contribution is 2.34. The zero-order valence-corrected chi connectivity index (χ0v) is 10.8. The van der Waals surface area contributed by atoms with Crippen LogP contribution in [-0.2, 0) is 6.54 Å². The Morgan fingerprint density at radius 1 is 1.44 bits per heavy atom. The number of anilines is 1. The second-order valence-electron chi connectivity index (χ2n) is 4.13. The largest absolute Gasteiger partial charge is 0.395 e. The molecule has 0 amide bonds. The Bertz CT molecular complexity index is 366. The van der Waals surface area contributed by atoms with Crippen molar-refractivity contribution in [3.8, 4) is 0 Å². The van der Waals surface area contributed by atoms with Crippen LogP contribution in [0.15, 0.2) is 22.7 Å². The van der Waals surface area contributed by atoms with E-state index in [1.54, 1.807) is 0 Å². The molecule has 0 atom stereocenters. The van der Waals surface area contributed by atoms with Crippen LogP contribution in [0.3, 0.4) is 0 Å². The minimum Gasteiger partial charge on any atom is -0.395 e. The predicted octanol–water partition coefficient (Wildman–Crippen LogP) is 1.87. The number of hydrogen-bond donors (Lipinski definition) is 2. The van der Waals surface area contributed by atoms with Crippen LogP contribution in [0.1, 0.15) is 18.4 Å². The molecule has 0 radical (unpaired) electrons. The third kappa shape index (κ3) is 2.56. The maximum absolute atomic E-state index is 9.11. The first-order valence-corrected chi connectivity index (χ1v) is 6.41. The van der Waals surface area contributed by atoms with E-state index in [4.69, 9.17) is 10.8 Å². The van der Waals surface area contributed by atoms with Gasteiger partial charge < -0.3 is 15.7 Å². The third-order valence-corrected chi connectivity index (χ3v) is 3.39. The van der Waals surface area contributed by atoms with Crippen molar-refractivity contribution in [1.29, 1.82) is 0 Å². The Kier molecular flexibility index (Phi) is 3.84. The fourth-order valence-electron chi connectivity index (χ4n) is 1.99. The minimum atomic E-state index is 0.191. The molecule has 0 aliphatic heterocycles. The summed E-state index contributed by atoms with van der Waals surface area (Å²) >= 11 is 3.45. The van der Waals surface area contributed by atoms with Gasteiger partial charge in [-0.2, -0.15) is 0 Å². The standard InChI is InChI=1S/C12H17BrN2O/c13-10-1-4-12(9(7-10)8-14)15(5-6-16)11-2-3-11/h1,4,7,11,16H,2-3,5-6,8,14H2. The Hall–Kier alpha value is -0.580. The molecule has 3 nitrogen and oxygen atoms in total. The van der Waals surface area contributed by atoms with Crippen molar-refractivity contribution in [2.45, 2.75) is 25.4 Å². The lowest BCUT2D eigenvalue weighted by Crippen LogP contribution is -2.30. The zero-order valence-electron chi connectivity index (χ0n) is 9.19. The lowest BCUT2D eigenvalue weighted by Gasteiger charge is -2.26. The highest BCUT2D eigenvalue weighted by atomic mass is 79.9. The van der Waals surface area contributed by atoms with Crippen LogP contribution in [-0.4, -0.2) is 24.3 Å². The maximum atomic E-state index is 9.11. The summed E-state index contributed by atoms with van der Waals surface area (Å²) in [6.45, 7) is 1.42. The topological polar surface area (TPSA) is 49.5 Å². The van der Waals surface area contributed by atoms with Crippen LogP contribution in [0.2, 0.25) is 0 Å². The van der Waals surface area contributed by atoms with Gasteiger partial charge in [-0.1, -0.05) is 15.9 Å². The first-order chi connectivity index (χ1) is 7.76. The molecule has 1 saturated carbocycles. The van der Waals surface area contributed by atoms with E-state index in [1.165, 1.54) is 18.5 Å². The Balaban J connectivity index is 2.28. The van der Waals surface area contributed by atoms with Gasteiger partial charge in [-0.3, -0.25) is 0 Å². The number of benzene rings is 1. The van der Waals surface area contributed by atoms with Crippen LogP contribution in [0.4, 0.5) is 5.69 Å². The van der Waals surface area contributed by atoms with E-state index in [-0.39, 0.29) is 6.61 Å². The van der Waals surface area contributed by atoms with Gasteiger partial charge in [0.15, 0.2) is 0 Å². The summed E-state index contributed by atoms with van der Waals surface area (Å²) < 4.78 is 1.05. The van der Waals surface area contributed by atoms with Crippen molar-refractivity contribution in [2.75, 3.05) is 18.1 Å². The fourth-order valence-corrected chi connectivity index (χ4v) is 2.40. The summed E-state index contributed by atoms with van der Waals surface area (Å²) in [7, 11) is 0. The first-order valence-electron chi connectivity index (χ1n) is 5.62. The monoisotopic (exact) mass is 284 g/mol. The molecular formula is C12H17BrN2O. The minimum absolute atomic E-state index is 0.191. The number of hydrogen-bond acceptors (Lipinski definition) is 3. The number of nitrogens with two attached hydrogens (primary N) is 1. The van der Waals surface area contributed by atoms with Gasteiger partial charge in [0.2, 0.25) is 0 Å². The fraction of sp³-hybridized carbons (Fsp3) is 0.500. The van der Waals surface area contributed by atoms with Gasteiger partial charge in [-0.25, -0.2) is 0 Å². The molecule has 0 saturated heterocycles. The number of aliphatic hydroxyl groups excluding tert-OH is 1.